The Morgan fingerprint density at radius 1 is 1.53 bits per heavy atom. The lowest BCUT2D eigenvalue weighted by molar-refractivity contribution is 0.315. The van der Waals surface area contributed by atoms with Gasteiger partial charge in [-0.3, -0.25) is 0 Å². The molecular weight excluding hydrogens is 214 g/mol. The summed E-state index contributed by atoms with van der Waals surface area (Å²) in [6, 6.07) is 8.31. The number of benzene rings is 1. The molecule has 0 radical (unpaired) electrons. The van der Waals surface area contributed by atoms with E-state index in [1.54, 1.807) is 0 Å². The topological polar surface area (TPSA) is 70.6 Å². The summed E-state index contributed by atoms with van der Waals surface area (Å²) in [7, 11) is 0. The first kappa shape index (κ1) is 11.8. The van der Waals surface area contributed by atoms with E-state index in [4.69, 9.17) is 10.9 Å². The molecule has 17 heavy (non-hydrogen) atoms. The second-order valence-corrected chi connectivity index (χ2v) is 4.99. The molecule has 0 bridgehead atoms. The van der Waals surface area contributed by atoms with Gasteiger partial charge in [-0.15, -0.1) is 0 Å². The molecule has 0 amide bonds. The van der Waals surface area contributed by atoms with Crippen molar-refractivity contribution in [1.82, 2.24) is 0 Å². The maximum absolute atomic E-state index is 8.59. The number of nitrogens with two attached hydrogens (primary N) is 1. The molecule has 0 aromatic heterocycles. The lowest BCUT2D eigenvalue weighted by Crippen LogP contribution is -2.23. The van der Waals surface area contributed by atoms with Crippen LogP contribution in [0.3, 0.4) is 0 Å². The number of anilines is 1. The molecule has 92 valence electrons. The molecule has 1 aromatic rings. The lowest BCUT2D eigenvalue weighted by atomic mass is 10.0. The fourth-order valence-corrected chi connectivity index (χ4v) is 2.06. The number of hydrogen-bond donors (Lipinski definition) is 3. The second-order valence-electron chi connectivity index (χ2n) is 4.99. The Kier molecular flexibility index (Phi) is 3.22. The van der Waals surface area contributed by atoms with Gasteiger partial charge in [-0.25, -0.2) is 0 Å². The van der Waals surface area contributed by atoms with E-state index in [2.05, 4.69) is 35.6 Å². The molecule has 4 heteroatoms. The van der Waals surface area contributed by atoms with Crippen LogP contribution in [-0.2, 0) is 0 Å². The largest absolute Gasteiger partial charge is 0.409 e. The predicted molar refractivity (Wildman–Crippen MR) is 69.4 cm³/mol. The highest BCUT2D eigenvalue weighted by Gasteiger charge is 2.43. The molecule has 2 rings (SSSR count). The minimum atomic E-state index is 0.195. The molecule has 0 heterocycles. The number of aryl methyl sites for hydroxylation is 1. The summed E-state index contributed by atoms with van der Waals surface area (Å²) in [4.78, 5) is 0. The van der Waals surface area contributed by atoms with Gasteiger partial charge in [0.25, 0.3) is 0 Å². The van der Waals surface area contributed by atoms with Crippen molar-refractivity contribution in [2.24, 2.45) is 16.3 Å². The van der Waals surface area contributed by atoms with Crippen LogP contribution in [0, 0.1) is 12.3 Å². The first-order chi connectivity index (χ1) is 8.13. The Labute approximate surface area is 102 Å². The van der Waals surface area contributed by atoms with Crippen molar-refractivity contribution in [3.63, 3.8) is 0 Å². The number of rotatable bonds is 5. The summed E-state index contributed by atoms with van der Waals surface area (Å²) in [5.74, 6) is 0.327. The third kappa shape index (κ3) is 3.12. The van der Waals surface area contributed by atoms with E-state index in [-0.39, 0.29) is 5.41 Å². The fourth-order valence-electron chi connectivity index (χ4n) is 2.06. The van der Waals surface area contributed by atoms with Gasteiger partial charge in [0, 0.05) is 18.7 Å². The van der Waals surface area contributed by atoms with E-state index in [1.807, 2.05) is 6.07 Å². The van der Waals surface area contributed by atoms with Crippen LogP contribution < -0.4 is 11.1 Å². The molecule has 1 saturated carbocycles. The standard InChI is InChI=1S/C13H19N3O/c1-10-3-2-4-11(7-10)15-9-13(5-6-13)8-12(14)16-17/h2-4,7,15,17H,5-6,8-9H2,1H3,(H2,14,16). The maximum Gasteiger partial charge on any atom is 0.139 e. The van der Waals surface area contributed by atoms with Crippen LogP contribution in [0.25, 0.3) is 0 Å². The molecular formula is C13H19N3O. The first-order valence-electron chi connectivity index (χ1n) is 5.90. The van der Waals surface area contributed by atoms with Crippen LogP contribution in [0.15, 0.2) is 29.4 Å². The smallest absolute Gasteiger partial charge is 0.139 e. The van der Waals surface area contributed by atoms with E-state index in [0.29, 0.717) is 12.3 Å². The highest BCUT2D eigenvalue weighted by Crippen LogP contribution is 2.48. The van der Waals surface area contributed by atoms with Crippen molar-refractivity contribution in [3.05, 3.63) is 29.8 Å². The molecule has 0 spiro atoms. The third-order valence-electron chi connectivity index (χ3n) is 3.33. The van der Waals surface area contributed by atoms with Crippen LogP contribution in [0.5, 0.6) is 0 Å². The van der Waals surface area contributed by atoms with Gasteiger partial charge < -0.3 is 16.3 Å². The minimum absolute atomic E-state index is 0.195. The molecule has 0 saturated heterocycles. The van der Waals surface area contributed by atoms with Gasteiger partial charge in [-0.05, 0) is 42.9 Å². The summed E-state index contributed by atoms with van der Waals surface area (Å²) in [6.45, 7) is 2.96. The van der Waals surface area contributed by atoms with Crippen molar-refractivity contribution >= 4 is 11.5 Å². The zero-order valence-corrected chi connectivity index (χ0v) is 10.1. The monoisotopic (exact) mass is 233 g/mol. The van der Waals surface area contributed by atoms with Crippen LogP contribution in [-0.4, -0.2) is 17.6 Å². The Hall–Kier alpha value is -1.71. The Bertz CT molecular complexity index is 424. The molecule has 4 N–H and O–H groups in total. The molecule has 0 aliphatic heterocycles. The lowest BCUT2D eigenvalue weighted by Gasteiger charge is -2.16. The number of nitrogens with one attached hydrogen (secondary N) is 1. The summed E-state index contributed by atoms with van der Waals surface area (Å²) in [5.41, 5.74) is 8.14. The highest BCUT2D eigenvalue weighted by atomic mass is 16.4. The Morgan fingerprint density at radius 2 is 2.29 bits per heavy atom. The van der Waals surface area contributed by atoms with E-state index < -0.39 is 0 Å². The van der Waals surface area contributed by atoms with Gasteiger partial charge in [-0.1, -0.05) is 17.3 Å². The molecule has 0 atom stereocenters. The second kappa shape index (κ2) is 4.65. The molecule has 1 aliphatic carbocycles. The van der Waals surface area contributed by atoms with Gasteiger partial charge >= 0.3 is 0 Å². The predicted octanol–water partition coefficient (Wildman–Crippen LogP) is 2.32. The highest BCUT2D eigenvalue weighted by molar-refractivity contribution is 5.80. The Balaban J connectivity index is 1.90. The average Bonchev–Trinajstić information content (AvgIpc) is 3.07. The molecule has 1 fully saturated rings. The molecule has 4 nitrogen and oxygen atoms in total. The van der Waals surface area contributed by atoms with Gasteiger partial charge in [0.1, 0.15) is 5.84 Å². The van der Waals surface area contributed by atoms with E-state index in [1.165, 1.54) is 5.56 Å². The number of amidine groups is 1. The summed E-state index contributed by atoms with van der Waals surface area (Å²) < 4.78 is 0. The quantitative estimate of drug-likeness (QED) is 0.316. The maximum atomic E-state index is 8.59. The molecule has 1 aromatic carbocycles. The number of nitrogens with zero attached hydrogens (tertiary/aromatic N) is 1. The normalized spacial score (nSPS) is 17.8. The van der Waals surface area contributed by atoms with Crippen LogP contribution in [0.4, 0.5) is 5.69 Å². The van der Waals surface area contributed by atoms with Crippen molar-refractivity contribution < 1.29 is 5.21 Å². The fraction of sp³-hybridized carbons (Fsp3) is 0.462. The SMILES string of the molecule is Cc1cccc(NCC2(CC(N)=NO)CC2)c1. The molecule has 0 unspecified atom stereocenters. The van der Waals surface area contributed by atoms with Crippen molar-refractivity contribution in [2.75, 3.05) is 11.9 Å². The minimum Gasteiger partial charge on any atom is -0.409 e. The zero-order chi connectivity index (χ0) is 12.3. The van der Waals surface area contributed by atoms with Gasteiger partial charge in [-0.2, -0.15) is 0 Å². The van der Waals surface area contributed by atoms with E-state index in [0.717, 1.165) is 25.1 Å². The Morgan fingerprint density at radius 3 is 2.88 bits per heavy atom. The van der Waals surface area contributed by atoms with Crippen molar-refractivity contribution in [2.45, 2.75) is 26.2 Å². The van der Waals surface area contributed by atoms with Gasteiger partial charge in [0.15, 0.2) is 0 Å². The van der Waals surface area contributed by atoms with Crippen LogP contribution in [0.1, 0.15) is 24.8 Å². The molecule has 1 aliphatic rings. The summed E-state index contributed by atoms with van der Waals surface area (Å²) in [6.07, 6.45) is 2.95. The van der Waals surface area contributed by atoms with Gasteiger partial charge in [0.05, 0.1) is 0 Å². The third-order valence-corrected chi connectivity index (χ3v) is 3.33. The van der Waals surface area contributed by atoms with Crippen molar-refractivity contribution in [3.8, 4) is 0 Å². The van der Waals surface area contributed by atoms with Crippen LogP contribution in [0.2, 0.25) is 0 Å². The van der Waals surface area contributed by atoms with Crippen LogP contribution >= 0.6 is 0 Å². The summed E-state index contributed by atoms with van der Waals surface area (Å²) >= 11 is 0. The van der Waals surface area contributed by atoms with Crippen molar-refractivity contribution in [1.29, 1.82) is 0 Å². The zero-order valence-electron chi connectivity index (χ0n) is 10.1. The first-order valence-corrected chi connectivity index (χ1v) is 5.90. The van der Waals surface area contributed by atoms with Gasteiger partial charge in [0.2, 0.25) is 0 Å². The number of oxime groups is 1. The van der Waals surface area contributed by atoms with E-state index in [9.17, 15) is 0 Å². The van der Waals surface area contributed by atoms with E-state index >= 15 is 0 Å². The number of hydrogen-bond acceptors (Lipinski definition) is 3. The summed E-state index contributed by atoms with van der Waals surface area (Å²) in [5, 5.41) is 15.1. The average molecular weight is 233 g/mol.